The smallest absolute Gasteiger partial charge is 0.171 e. The molecule has 5 rings (SSSR count). The van der Waals surface area contributed by atoms with Gasteiger partial charge in [-0.3, -0.25) is 4.79 Å². The Bertz CT molecular complexity index is 1560. The Morgan fingerprint density at radius 2 is 1.79 bits per heavy atom. The van der Waals surface area contributed by atoms with E-state index in [1.165, 1.54) is 24.3 Å². The van der Waals surface area contributed by atoms with Gasteiger partial charge >= 0.3 is 0 Å². The third-order valence-corrected chi connectivity index (χ3v) is 5.86. The summed E-state index contributed by atoms with van der Waals surface area (Å²) in [6, 6.07) is 13.7. The monoisotopic (exact) mass is 477 g/mol. The molecule has 0 bridgehead atoms. The summed E-state index contributed by atoms with van der Waals surface area (Å²) in [7, 11) is 1.88. The van der Waals surface area contributed by atoms with E-state index in [2.05, 4.69) is 15.1 Å². The minimum Gasteiger partial charge on any atom is -0.330 e. The minimum atomic E-state index is -0.665. The van der Waals surface area contributed by atoms with E-state index in [1.54, 1.807) is 28.9 Å². The summed E-state index contributed by atoms with van der Waals surface area (Å²) < 4.78 is 31.0. The largest absolute Gasteiger partial charge is 0.330 e. The van der Waals surface area contributed by atoms with E-state index < -0.39 is 11.6 Å². The number of fused-ring (bicyclic) bond motifs is 1. The highest BCUT2D eigenvalue weighted by Crippen LogP contribution is 2.31. The maximum Gasteiger partial charge on any atom is 0.171 e. The van der Waals surface area contributed by atoms with Crippen molar-refractivity contribution in [1.29, 1.82) is 0 Å². The molecule has 0 saturated carbocycles. The number of ketones is 1. The molecule has 0 fully saturated rings. The first-order chi connectivity index (χ1) is 16.3. The van der Waals surface area contributed by atoms with Crippen LogP contribution >= 0.6 is 11.6 Å². The average Bonchev–Trinajstić information content (AvgIpc) is 3.33. The van der Waals surface area contributed by atoms with E-state index in [9.17, 15) is 13.6 Å². The van der Waals surface area contributed by atoms with Crippen LogP contribution in [-0.2, 0) is 13.5 Å². The maximum absolute atomic E-state index is 14.1. The number of imidazole rings is 2. The summed E-state index contributed by atoms with van der Waals surface area (Å²) in [5.74, 6) is -0.616. The van der Waals surface area contributed by atoms with Crippen molar-refractivity contribution in [3.05, 3.63) is 94.5 Å². The van der Waals surface area contributed by atoms with Gasteiger partial charge in [-0.2, -0.15) is 5.10 Å². The van der Waals surface area contributed by atoms with Gasteiger partial charge in [-0.05, 0) is 61.5 Å². The molecule has 0 atom stereocenters. The van der Waals surface area contributed by atoms with Crippen LogP contribution in [0.2, 0.25) is 5.02 Å². The predicted molar refractivity (Wildman–Crippen MR) is 125 cm³/mol. The van der Waals surface area contributed by atoms with Crippen LogP contribution in [0.1, 0.15) is 21.9 Å². The van der Waals surface area contributed by atoms with Crippen LogP contribution in [0.3, 0.4) is 0 Å². The Morgan fingerprint density at radius 1 is 1.03 bits per heavy atom. The summed E-state index contributed by atoms with van der Waals surface area (Å²) in [6.07, 6.45) is 1.56. The maximum atomic E-state index is 14.1. The molecule has 9 heteroatoms. The Balaban J connectivity index is 1.50. The fourth-order valence-corrected chi connectivity index (χ4v) is 3.99. The first-order valence-electron chi connectivity index (χ1n) is 10.4. The Hall–Kier alpha value is -3.91. The molecule has 2 aromatic carbocycles. The third kappa shape index (κ3) is 3.97. The number of Topliss-reactive ketones (excluding diaryl/α,β-unsaturated/α-hetero) is 1. The standard InChI is InChI=1S/C25H18ClF2N5O/c1-14-29-24(15-3-6-17(27)7-4-15)25(32(14)2)21-9-10-23-30-18(13-33(23)31-21)12-22(34)19-8-5-16(26)11-20(19)28/h3-11,13H,12H2,1-2H3. The number of benzene rings is 2. The zero-order valence-electron chi connectivity index (χ0n) is 18.3. The molecule has 0 N–H and O–H groups in total. The fourth-order valence-electron chi connectivity index (χ4n) is 3.83. The number of aryl methyl sites for hydroxylation is 1. The molecule has 0 aliphatic carbocycles. The molecule has 3 heterocycles. The minimum absolute atomic E-state index is 0.0376. The van der Waals surface area contributed by atoms with E-state index >= 15 is 0 Å². The van der Waals surface area contributed by atoms with Crippen molar-refractivity contribution in [1.82, 2.24) is 24.1 Å². The van der Waals surface area contributed by atoms with Gasteiger partial charge in [0.1, 0.15) is 23.2 Å². The van der Waals surface area contributed by atoms with Crippen molar-refractivity contribution in [2.75, 3.05) is 0 Å². The zero-order chi connectivity index (χ0) is 24.0. The first-order valence-corrected chi connectivity index (χ1v) is 10.8. The molecular weight excluding hydrogens is 460 g/mol. The van der Waals surface area contributed by atoms with Crippen LogP contribution in [0.4, 0.5) is 8.78 Å². The SMILES string of the molecule is Cc1nc(-c2ccc(F)cc2)c(-c2ccc3nc(CC(=O)c4ccc(Cl)cc4F)cn3n2)n1C. The second-order valence-corrected chi connectivity index (χ2v) is 8.34. The van der Waals surface area contributed by atoms with Gasteiger partial charge in [0, 0.05) is 17.6 Å². The number of hydrogen-bond donors (Lipinski definition) is 0. The molecule has 5 aromatic rings. The van der Waals surface area contributed by atoms with E-state index in [0.29, 0.717) is 22.7 Å². The lowest BCUT2D eigenvalue weighted by atomic mass is 10.1. The summed E-state index contributed by atoms with van der Waals surface area (Å²) in [5, 5.41) is 4.90. The number of carbonyl (C=O) groups is 1. The topological polar surface area (TPSA) is 65.1 Å². The average molecular weight is 478 g/mol. The van der Waals surface area contributed by atoms with Crippen LogP contribution in [0.5, 0.6) is 0 Å². The quantitative estimate of drug-likeness (QED) is 0.315. The van der Waals surface area contributed by atoms with Gasteiger partial charge in [-0.1, -0.05) is 11.6 Å². The first kappa shape index (κ1) is 21.9. The molecule has 0 amide bonds. The molecule has 0 aliphatic heterocycles. The van der Waals surface area contributed by atoms with Crippen molar-refractivity contribution in [3.63, 3.8) is 0 Å². The highest BCUT2D eigenvalue weighted by atomic mass is 35.5. The van der Waals surface area contributed by atoms with Gasteiger partial charge in [0.15, 0.2) is 11.4 Å². The van der Waals surface area contributed by atoms with E-state index in [0.717, 1.165) is 23.1 Å². The van der Waals surface area contributed by atoms with E-state index in [-0.39, 0.29) is 22.8 Å². The van der Waals surface area contributed by atoms with Crippen LogP contribution in [0.25, 0.3) is 28.3 Å². The lowest BCUT2D eigenvalue weighted by Crippen LogP contribution is -2.06. The number of rotatable bonds is 5. The second kappa shape index (κ2) is 8.46. The number of nitrogens with zero attached hydrogens (tertiary/aromatic N) is 5. The van der Waals surface area contributed by atoms with Gasteiger partial charge in [0.05, 0.1) is 35.3 Å². The lowest BCUT2D eigenvalue weighted by Gasteiger charge is -2.07. The summed E-state index contributed by atoms with van der Waals surface area (Å²) >= 11 is 5.77. The Kier molecular flexibility index (Phi) is 5.45. The molecule has 0 aliphatic rings. The third-order valence-electron chi connectivity index (χ3n) is 5.62. The van der Waals surface area contributed by atoms with Crippen LogP contribution in [0, 0.1) is 18.6 Å². The van der Waals surface area contributed by atoms with E-state index in [1.807, 2.05) is 24.6 Å². The van der Waals surface area contributed by atoms with Gasteiger partial charge in [-0.25, -0.2) is 23.3 Å². The normalized spacial score (nSPS) is 11.3. The number of halogens is 3. The number of carbonyl (C=O) groups excluding carboxylic acids is 1. The summed E-state index contributed by atoms with van der Waals surface area (Å²) in [5.41, 5.74) is 3.82. The molecule has 0 radical (unpaired) electrons. The zero-order valence-corrected chi connectivity index (χ0v) is 19.0. The van der Waals surface area contributed by atoms with Gasteiger partial charge in [0.2, 0.25) is 0 Å². The van der Waals surface area contributed by atoms with Gasteiger partial charge in [-0.15, -0.1) is 0 Å². The Labute approximate surface area is 198 Å². The molecule has 0 saturated heterocycles. The number of aromatic nitrogens is 5. The Morgan fingerprint density at radius 3 is 2.53 bits per heavy atom. The van der Waals surface area contributed by atoms with Gasteiger partial charge in [0.25, 0.3) is 0 Å². The molecule has 0 spiro atoms. The molecule has 3 aromatic heterocycles. The molecule has 170 valence electrons. The second-order valence-electron chi connectivity index (χ2n) is 7.90. The number of hydrogen-bond acceptors (Lipinski definition) is 4. The molecule has 6 nitrogen and oxygen atoms in total. The van der Waals surface area contributed by atoms with Crippen molar-refractivity contribution >= 4 is 23.0 Å². The summed E-state index contributed by atoms with van der Waals surface area (Å²) in [6.45, 7) is 1.88. The highest BCUT2D eigenvalue weighted by molar-refractivity contribution is 6.30. The van der Waals surface area contributed by atoms with Crippen LogP contribution in [-0.4, -0.2) is 29.9 Å². The van der Waals surface area contributed by atoms with E-state index in [4.69, 9.17) is 11.6 Å². The van der Waals surface area contributed by atoms with Crippen LogP contribution < -0.4 is 0 Å². The van der Waals surface area contributed by atoms with Gasteiger partial charge < -0.3 is 4.57 Å². The summed E-state index contributed by atoms with van der Waals surface area (Å²) in [4.78, 5) is 21.7. The fraction of sp³-hybridized carbons (Fsp3) is 0.120. The predicted octanol–water partition coefficient (Wildman–Crippen LogP) is 5.46. The lowest BCUT2D eigenvalue weighted by molar-refractivity contribution is 0.0988. The van der Waals surface area contributed by atoms with Crippen LogP contribution in [0.15, 0.2) is 60.8 Å². The molecule has 34 heavy (non-hydrogen) atoms. The highest BCUT2D eigenvalue weighted by Gasteiger charge is 2.19. The van der Waals surface area contributed by atoms with Crippen molar-refractivity contribution < 1.29 is 13.6 Å². The van der Waals surface area contributed by atoms with Crippen molar-refractivity contribution in [2.45, 2.75) is 13.3 Å². The van der Waals surface area contributed by atoms with Crippen molar-refractivity contribution in [2.24, 2.45) is 7.05 Å². The molecule has 0 unspecified atom stereocenters. The van der Waals surface area contributed by atoms with Crippen molar-refractivity contribution in [3.8, 4) is 22.6 Å². The molecular formula is C25H18ClF2N5O.